The van der Waals surface area contributed by atoms with Crippen molar-refractivity contribution >= 4 is 22.3 Å². The minimum Gasteiger partial charge on any atom is -0.280 e. The molecule has 0 aliphatic heterocycles. The van der Waals surface area contributed by atoms with Gasteiger partial charge in [0.25, 0.3) is 0 Å². The van der Waals surface area contributed by atoms with Gasteiger partial charge >= 0.3 is 0 Å². The maximum absolute atomic E-state index is 7.57. The third kappa shape index (κ3) is 3.93. The van der Waals surface area contributed by atoms with Gasteiger partial charge in [0.05, 0.1) is 0 Å². The lowest BCUT2D eigenvalue weighted by Gasteiger charge is -2.19. The standard InChI is InChI=1S/C6H14ClNS/c1-6(2,3)9(8)5-4-7/h8H,4-5H2,1-3H3. The first kappa shape index (κ1) is 9.44. The van der Waals surface area contributed by atoms with Crippen molar-refractivity contribution in [2.45, 2.75) is 25.5 Å². The average Bonchev–Trinajstić information content (AvgIpc) is 1.64. The Morgan fingerprint density at radius 2 is 1.89 bits per heavy atom. The molecular weight excluding hydrogens is 154 g/mol. The van der Waals surface area contributed by atoms with Crippen LogP contribution in [0.15, 0.2) is 0 Å². The maximum Gasteiger partial charge on any atom is 0.0323 e. The fourth-order valence-corrected chi connectivity index (χ4v) is 1.61. The molecule has 0 radical (unpaired) electrons. The lowest BCUT2D eigenvalue weighted by Crippen LogP contribution is -2.23. The Kier molecular flexibility index (Phi) is 3.74. The highest BCUT2D eigenvalue weighted by atomic mass is 35.5. The van der Waals surface area contributed by atoms with Gasteiger partial charge < -0.3 is 0 Å². The second-order valence-electron chi connectivity index (χ2n) is 2.90. The van der Waals surface area contributed by atoms with Crippen molar-refractivity contribution in [2.75, 3.05) is 11.6 Å². The molecule has 0 bridgehead atoms. The SMILES string of the molecule is CC(C)(C)S(=N)CCCl. The van der Waals surface area contributed by atoms with E-state index < -0.39 is 0 Å². The smallest absolute Gasteiger partial charge is 0.0323 e. The summed E-state index contributed by atoms with van der Waals surface area (Å²) in [5, 5.41) is 0. The van der Waals surface area contributed by atoms with E-state index in [4.69, 9.17) is 16.4 Å². The molecule has 0 aliphatic carbocycles. The van der Waals surface area contributed by atoms with E-state index in [1.165, 1.54) is 0 Å². The molecule has 0 aromatic heterocycles. The molecule has 1 atom stereocenters. The summed E-state index contributed by atoms with van der Waals surface area (Å²) in [5.41, 5.74) is 0. The van der Waals surface area contributed by atoms with Gasteiger partial charge in [-0.3, -0.25) is 4.78 Å². The van der Waals surface area contributed by atoms with E-state index in [1.807, 2.05) is 0 Å². The van der Waals surface area contributed by atoms with Crippen molar-refractivity contribution in [3.05, 3.63) is 0 Å². The van der Waals surface area contributed by atoms with Crippen molar-refractivity contribution in [1.29, 1.82) is 4.78 Å². The highest BCUT2D eigenvalue weighted by molar-refractivity contribution is 7.87. The molecule has 0 fully saturated rings. The van der Waals surface area contributed by atoms with Crippen LogP contribution in [0.1, 0.15) is 20.8 Å². The molecule has 0 rings (SSSR count). The average molecular weight is 168 g/mol. The first-order chi connectivity index (χ1) is 3.98. The molecule has 1 N–H and O–H groups in total. The van der Waals surface area contributed by atoms with Crippen molar-refractivity contribution in [3.8, 4) is 0 Å². The Hall–Kier alpha value is 0.440. The van der Waals surface area contributed by atoms with E-state index in [0.29, 0.717) is 5.88 Å². The predicted molar refractivity (Wildman–Crippen MR) is 45.4 cm³/mol. The van der Waals surface area contributed by atoms with Crippen LogP contribution in [0.25, 0.3) is 0 Å². The predicted octanol–water partition coefficient (Wildman–Crippen LogP) is 2.40. The van der Waals surface area contributed by atoms with E-state index >= 15 is 0 Å². The minimum atomic E-state index is -0.269. The number of hydrogen-bond donors (Lipinski definition) is 1. The van der Waals surface area contributed by atoms with Gasteiger partial charge in [-0.25, -0.2) is 0 Å². The van der Waals surface area contributed by atoms with Gasteiger partial charge in [-0.05, 0) is 0 Å². The Morgan fingerprint density at radius 3 is 2.00 bits per heavy atom. The second kappa shape index (κ2) is 3.57. The van der Waals surface area contributed by atoms with Crippen LogP contribution in [0.5, 0.6) is 0 Å². The Bertz CT molecular complexity index is 106. The first-order valence-corrected chi connectivity index (χ1v) is 4.89. The molecule has 0 aromatic carbocycles. The van der Waals surface area contributed by atoms with E-state index in [1.54, 1.807) is 0 Å². The maximum atomic E-state index is 7.57. The largest absolute Gasteiger partial charge is 0.280 e. The Morgan fingerprint density at radius 1 is 1.44 bits per heavy atom. The lowest BCUT2D eigenvalue weighted by atomic mass is 10.3. The zero-order chi connectivity index (χ0) is 7.49. The summed E-state index contributed by atoms with van der Waals surface area (Å²) < 4.78 is 7.69. The summed E-state index contributed by atoms with van der Waals surface area (Å²) in [6.07, 6.45) is 0. The molecular formula is C6H14ClNS. The molecule has 0 amide bonds. The number of hydrogen-bond acceptors (Lipinski definition) is 1. The first-order valence-electron chi connectivity index (χ1n) is 2.96. The van der Waals surface area contributed by atoms with E-state index in [0.717, 1.165) is 5.75 Å². The summed E-state index contributed by atoms with van der Waals surface area (Å²) in [7, 11) is -0.269. The molecule has 3 heteroatoms. The molecule has 56 valence electrons. The third-order valence-electron chi connectivity index (χ3n) is 1.02. The topological polar surface area (TPSA) is 23.9 Å². The summed E-state index contributed by atoms with van der Waals surface area (Å²) in [5.74, 6) is 1.44. The van der Waals surface area contributed by atoms with Crippen molar-refractivity contribution < 1.29 is 0 Å². The summed E-state index contributed by atoms with van der Waals surface area (Å²) in [4.78, 5) is 0. The lowest BCUT2D eigenvalue weighted by molar-refractivity contribution is 0.792. The molecule has 0 spiro atoms. The number of nitrogens with one attached hydrogen (secondary N) is 1. The van der Waals surface area contributed by atoms with Crippen LogP contribution in [0, 0.1) is 4.78 Å². The minimum absolute atomic E-state index is 0.120. The van der Waals surface area contributed by atoms with Gasteiger partial charge in [0.15, 0.2) is 0 Å². The third-order valence-corrected chi connectivity index (χ3v) is 3.52. The van der Waals surface area contributed by atoms with E-state index in [-0.39, 0.29) is 15.4 Å². The molecule has 9 heavy (non-hydrogen) atoms. The van der Waals surface area contributed by atoms with Gasteiger partial charge in [0, 0.05) is 16.4 Å². The number of halogens is 1. The number of rotatable bonds is 2. The summed E-state index contributed by atoms with van der Waals surface area (Å²) >= 11 is 5.49. The van der Waals surface area contributed by atoms with Crippen molar-refractivity contribution in [1.82, 2.24) is 0 Å². The van der Waals surface area contributed by atoms with Gasteiger partial charge in [-0.2, -0.15) is 0 Å². The zero-order valence-electron chi connectivity index (χ0n) is 6.20. The molecule has 0 saturated carbocycles. The normalized spacial score (nSPS) is 15.6. The fourth-order valence-electron chi connectivity index (χ4n) is 0.383. The summed E-state index contributed by atoms with van der Waals surface area (Å²) in [6, 6.07) is 0. The molecule has 0 aliphatic rings. The highest BCUT2D eigenvalue weighted by Crippen LogP contribution is 2.11. The molecule has 0 aromatic rings. The van der Waals surface area contributed by atoms with E-state index in [2.05, 4.69) is 20.8 Å². The monoisotopic (exact) mass is 167 g/mol. The molecule has 0 saturated heterocycles. The number of alkyl halides is 1. The van der Waals surface area contributed by atoms with Gasteiger partial charge in [-0.1, -0.05) is 31.5 Å². The quantitative estimate of drug-likeness (QED) is 0.611. The van der Waals surface area contributed by atoms with Crippen LogP contribution in [0.4, 0.5) is 0 Å². The van der Waals surface area contributed by atoms with Crippen LogP contribution in [0.2, 0.25) is 0 Å². The van der Waals surface area contributed by atoms with Crippen LogP contribution in [-0.2, 0) is 10.7 Å². The fraction of sp³-hybridized carbons (Fsp3) is 1.00. The van der Waals surface area contributed by atoms with Gasteiger partial charge in [0.2, 0.25) is 0 Å². The van der Waals surface area contributed by atoms with Crippen molar-refractivity contribution in [2.24, 2.45) is 0 Å². The van der Waals surface area contributed by atoms with Gasteiger partial charge in [-0.15, -0.1) is 11.6 Å². The van der Waals surface area contributed by atoms with Crippen LogP contribution in [0.3, 0.4) is 0 Å². The molecule has 1 unspecified atom stereocenters. The summed E-state index contributed by atoms with van der Waals surface area (Å²) in [6.45, 7) is 6.24. The van der Waals surface area contributed by atoms with Crippen LogP contribution in [-0.4, -0.2) is 16.4 Å². The molecule has 1 nitrogen and oxygen atoms in total. The van der Waals surface area contributed by atoms with Crippen LogP contribution < -0.4 is 0 Å². The van der Waals surface area contributed by atoms with E-state index in [9.17, 15) is 0 Å². The Balaban J connectivity index is 3.74. The highest BCUT2D eigenvalue weighted by Gasteiger charge is 2.13. The second-order valence-corrected chi connectivity index (χ2v) is 5.69. The molecule has 0 heterocycles. The van der Waals surface area contributed by atoms with Gasteiger partial charge in [0.1, 0.15) is 0 Å². The Labute approximate surface area is 64.7 Å². The van der Waals surface area contributed by atoms with Crippen molar-refractivity contribution in [3.63, 3.8) is 0 Å². The zero-order valence-corrected chi connectivity index (χ0v) is 7.77. The van der Waals surface area contributed by atoms with Crippen LogP contribution >= 0.6 is 11.6 Å².